The van der Waals surface area contributed by atoms with Crippen LogP contribution in [0, 0.1) is 11.3 Å². The molecule has 1 N–H and O–H groups in total. The molecule has 2 saturated carbocycles. The summed E-state index contributed by atoms with van der Waals surface area (Å²) in [6.07, 6.45) is 7.21. The van der Waals surface area contributed by atoms with E-state index in [0.717, 1.165) is 12.0 Å². The molecule has 2 aliphatic rings. The molecular weight excluding hydrogens is 184 g/mol. The summed E-state index contributed by atoms with van der Waals surface area (Å²) in [6, 6.07) is 0.765. The Hall–Kier alpha value is -0.0800. The summed E-state index contributed by atoms with van der Waals surface area (Å²) in [5, 5.41) is 3.35. The molecule has 1 unspecified atom stereocenters. The Labute approximate surface area is 94.4 Å². The maximum Gasteiger partial charge on any atom is 0.00697 e. The van der Waals surface area contributed by atoms with Gasteiger partial charge in [-0.25, -0.2) is 0 Å². The van der Waals surface area contributed by atoms with Crippen LogP contribution in [0.25, 0.3) is 0 Å². The third-order valence-electron chi connectivity index (χ3n) is 4.23. The third kappa shape index (κ3) is 3.18. The summed E-state index contributed by atoms with van der Waals surface area (Å²) in [7, 11) is 4.39. The highest BCUT2D eigenvalue weighted by atomic mass is 15.1. The van der Waals surface area contributed by atoms with Gasteiger partial charge in [0.05, 0.1) is 0 Å². The molecule has 0 spiro atoms. The molecule has 0 aromatic rings. The van der Waals surface area contributed by atoms with Gasteiger partial charge in [-0.15, -0.1) is 0 Å². The highest BCUT2D eigenvalue weighted by Gasteiger charge is 2.43. The molecule has 2 nitrogen and oxygen atoms in total. The van der Waals surface area contributed by atoms with Crippen molar-refractivity contribution in [3.05, 3.63) is 0 Å². The summed E-state index contributed by atoms with van der Waals surface area (Å²) >= 11 is 0. The van der Waals surface area contributed by atoms with Gasteiger partial charge in [-0.1, -0.05) is 0 Å². The van der Waals surface area contributed by atoms with Crippen molar-refractivity contribution in [2.24, 2.45) is 11.3 Å². The zero-order valence-corrected chi connectivity index (χ0v) is 10.6. The lowest BCUT2D eigenvalue weighted by Gasteiger charge is -2.28. The average molecular weight is 210 g/mol. The summed E-state index contributed by atoms with van der Waals surface area (Å²) in [5.74, 6) is 1.02. The second-order valence-electron chi connectivity index (χ2n) is 5.97. The minimum absolute atomic E-state index is 0.659. The van der Waals surface area contributed by atoms with Crippen molar-refractivity contribution in [1.29, 1.82) is 0 Å². The molecule has 88 valence electrons. The summed E-state index contributed by atoms with van der Waals surface area (Å²) in [6.45, 7) is 4.95. The van der Waals surface area contributed by atoms with Crippen LogP contribution in [-0.2, 0) is 0 Å². The molecule has 0 aromatic carbocycles. The number of nitrogens with zero attached hydrogens (tertiary/aromatic N) is 1. The van der Waals surface area contributed by atoms with Gasteiger partial charge < -0.3 is 10.2 Å². The number of rotatable bonds is 7. The topological polar surface area (TPSA) is 15.3 Å². The minimum Gasteiger partial charge on any atom is -0.319 e. The van der Waals surface area contributed by atoms with Gasteiger partial charge in [0, 0.05) is 19.1 Å². The molecule has 0 saturated heterocycles. The standard InChI is InChI=1S/C13H26N2/c1-11(15(3)9-12-4-5-12)8-13(6-7-13)10-14-2/h11-12,14H,4-10H2,1-3H3. The van der Waals surface area contributed by atoms with E-state index in [-0.39, 0.29) is 0 Å². The summed E-state index contributed by atoms with van der Waals surface area (Å²) in [4.78, 5) is 2.58. The first-order valence-electron chi connectivity index (χ1n) is 6.50. The van der Waals surface area contributed by atoms with Crippen molar-refractivity contribution in [2.75, 3.05) is 27.2 Å². The molecule has 0 bridgehead atoms. The second kappa shape index (κ2) is 4.42. The van der Waals surface area contributed by atoms with E-state index in [9.17, 15) is 0 Å². The lowest BCUT2D eigenvalue weighted by atomic mass is 9.97. The van der Waals surface area contributed by atoms with Gasteiger partial charge in [0.25, 0.3) is 0 Å². The molecule has 2 heteroatoms. The minimum atomic E-state index is 0.659. The quantitative estimate of drug-likeness (QED) is 0.692. The number of hydrogen-bond acceptors (Lipinski definition) is 2. The fourth-order valence-electron chi connectivity index (χ4n) is 2.67. The number of hydrogen-bond donors (Lipinski definition) is 1. The molecule has 15 heavy (non-hydrogen) atoms. The Morgan fingerprint density at radius 1 is 1.40 bits per heavy atom. The van der Waals surface area contributed by atoms with Crippen LogP contribution >= 0.6 is 0 Å². The van der Waals surface area contributed by atoms with Crippen molar-refractivity contribution >= 4 is 0 Å². The first kappa shape index (κ1) is 11.4. The van der Waals surface area contributed by atoms with Crippen LogP contribution in [0.5, 0.6) is 0 Å². The lowest BCUT2D eigenvalue weighted by Crippen LogP contribution is -2.35. The Kier molecular flexibility index (Phi) is 3.36. The highest BCUT2D eigenvalue weighted by molar-refractivity contribution is 4.97. The van der Waals surface area contributed by atoms with E-state index < -0.39 is 0 Å². The Morgan fingerprint density at radius 3 is 2.53 bits per heavy atom. The Balaban J connectivity index is 1.72. The van der Waals surface area contributed by atoms with Crippen LogP contribution in [-0.4, -0.2) is 38.1 Å². The van der Waals surface area contributed by atoms with Gasteiger partial charge in [-0.2, -0.15) is 0 Å². The fraction of sp³-hybridized carbons (Fsp3) is 1.00. The zero-order chi connectivity index (χ0) is 10.9. The van der Waals surface area contributed by atoms with Gasteiger partial charge in [0.1, 0.15) is 0 Å². The van der Waals surface area contributed by atoms with E-state index in [1.54, 1.807) is 0 Å². The maximum atomic E-state index is 3.35. The maximum absolute atomic E-state index is 3.35. The van der Waals surface area contributed by atoms with E-state index in [1.165, 1.54) is 45.2 Å². The van der Waals surface area contributed by atoms with E-state index in [0.29, 0.717) is 5.41 Å². The van der Waals surface area contributed by atoms with Gasteiger partial charge in [-0.3, -0.25) is 0 Å². The Bertz CT molecular complexity index is 207. The van der Waals surface area contributed by atoms with Gasteiger partial charge in [0.2, 0.25) is 0 Å². The van der Waals surface area contributed by atoms with Crippen LogP contribution in [0.3, 0.4) is 0 Å². The average Bonchev–Trinajstić information content (AvgIpc) is 3.04. The fourth-order valence-corrected chi connectivity index (χ4v) is 2.67. The molecular formula is C13H26N2. The van der Waals surface area contributed by atoms with E-state index >= 15 is 0 Å². The SMILES string of the molecule is CNCC1(CC(C)N(C)CC2CC2)CC1. The molecule has 0 aliphatic heterocycles. The van der Waals surface area contributed by atoms with Gasteiger partial charge in [-0.05, 0) is 64.5 Å². The molecule has 0 heterocycles. The molecule has 2 fully saturated rings. The molecule has 0 aromatic heterocycles. The first-order chi connectivity index (χ1) is 7.15. The zero-order valence-electron chi connectivity index (χ0n) is 10.6. The summed E-state index contributed by atoms with van der Waals surface area (Å²) < 4.78 is 0. The largest absolute Gasteiger partial charge is 0.319 e. The monoisotopic (exact) mass is 210 g/mol. The van der Waals surface area contributed by atoms with Crippen molar-refractivity contribution in [2.45, 2.75) is 45.1 Å². The smallest absolute Gasteiger partial charge is 0.00697 e. The van der Waals surface area contributed by atoms with Crippen molar-refractivity contribution in [3.8, 4) is 0 Å². The van der Waals surface area contributed by atoms with Crippen LogP contribution in [0.1, 0.15) is 39.0 Å². The highest BCUT2D eigenvalue weighted by Crippen LogP contribution is 2.49. The van der Waals surface area contributed by atoms with Crippen molar-refractivity contribution in [3.63, 3.8) is 0 Å². The van der Waals surface area contributed by atoms with Crippen LogP contribution in [0.15, 0.2) is 0 Å². The molecule has 0 amide bonds. The van der Waals surface area contributed by atoms with Gasteiger partial charge in [0.15, 0.2) is 0 Å². The molecule has 2 rings (SSSR count). The lowest BCUT2D eigenvalue weighted by molar-refractivity contribution is 0.204. The van der Waals surface area contributed by atoms with Crippen LogP contribution in [0.4, 0.5) is 0 Å². The predicted octanol–water partition coefficient (Wildman–Crippen LogP) is 2.11. The van der Waals surface area contributed by atoms with E-state index in [1.807, 2.05) is 0 Å². The molecule has 2 aliphatic carbocycles. The third-order valence-corrected chi connectivity index (χ3v) is 4.23. The van der Waals surface area contributed by atoms with Gasteiger partial charge >= 0.3 is 0 Å². The second-order valence-corrected chi connectivity index (χ2v) is 5.97. The summed E-state index contributed by atoms with van der Waals surface area (Å²) in [5.41, 5.74) is 0.659. The van der Waals surface area contributed by atoms with E-state index in [4.69, 9.17) is 0 Å². The normalized spacial score (nSPS) is 25.6. The van der Waals surface area contributed by atoms with E-state index in [2.05, 4.69) is 31.2 Å². The van der Waals surface area contributed by atoms with Crippen LogP contribution in [0.2, 0.25) is 0 Å². The first-order valence-corrected chi connectivity index (χ1v) is 6.50. The molecule has 1 atom stereocenters. The number of nitrogens with one attached hydrogen (secondary N) is 1. The molecule has 0 radical (unpaired) electrons. The Morgan fingerprint density at radius 2 is 2.07 bits per heavy atom. The van der Waals surface area contributed by atoms with Crippen LogP contribution < -0.4 is 5.32 Å². The predicted molar refractivity (Wildman–Crippen MR) is 65.0 cm³/mol. The van der Waals surface area contributed by atoms with Crippen molar-refractivity contribution < 1.29 is 0 Å². The van der Waals surface area contributed by atoms with Crippen molar-refractivity contribution in [1.82, 2.24) is 10.2 Å².